The largest absolute Gasteiger partial charge is 0.490 e. The Bertz CT molecular complexity index is 2350. The maximum absolute atomic E-state index is 14.5. The molecule has 1 aliphatic heterocycles. The molecule has 5 aromatic rings. The molecular weight excluding hydrogens is 692 g/mol. The average molecular weight is 727 g/mol. The second-order valence-corrected chi connectivity index (χ2v) is 12.9. The summed E-state index contributed by atoms with van der Waals surface area (Å²) in [5, 5.41) is 2.48. The van der Waals surface area contributed by atoms with E-state index in [1.54, 1.807) is 38.1 Å². The molecule has 12 heteroatoms. The average Bonchev–Trinajstić information content (AvgIpc) is 3.43. The number of carbonyl (C=O) groups is 2. The first kappa shape index (κ1) is 35.4. The number of fused-ring (bicyclic) bond motifs is 2. The zero-order valence-electron chi connectivity index (χ0n) is 28.4. The molecule has 1 atom stereocenters. The molecule has 0 spiro atoms. The van der Waals surface area contributed by atoms with Crippen molar-refractivity contribution in [2.24, 2.45) is 4.99 Å². The number of ether oxygens (including phenoxy) is 5. The highest BCUT2D eigenvalue weighted by Crippen LogP contribution is 2.37. The van der Waals surface area contributed by atoms with E-state index in [0.29, 0.717) is 49.5 Å². The van der Waals surface area contributed by atoms with E-state index in [0.717, 1.165) is 21.9 Å². The molecule has 4 aromatic carbocycles. The van der Waals surface area contributed by atoms with Gasteiger partial charge in [-0.15, -0.1) is 0 Å². The molecule has 0 unspecified atom stereocenters. The van der Waals surface area contributed by atoms with Crippen molar-refractivity contribution < 1.29 is 33.3 Å². The molecule has 51 heavy (non-hydrogen) atoms. The van der Waals surface area contributed by atoms with Crippen LogP contribution in [0.25, 0.3) is 16.8 Å². The summed E-state index contributed by atoms with van der Waals surface area (Å²) >= 11 is 7.43. The molecular formula is C39H35ClN2O8S. The molecule has 6 rings (SSSR count). The first-order chi connectivity index (χ1) is 24.7. The number of hydrogen-bond acceptors (Lipinski definition) is 10. The van der Waals surface area contributed by atoms with E-state index in [-0.39, 0.29) is 31.0 Å². The van der Waals surface area contributed by atoms with Crippen LogP contribution < -0.4 is 29.1 Å². The van der Waals surface area contributed by atoms with Crippen molar-refractivity contribution in [2.75, 3.05) is 26.9 Å². The number of aromatic nitrogens is 1. The summed E-state index contributed by atoms with van der Waals surface area (Å²) in [7, 11) is 1.27. The molecule has 0 saturated carbocycles. The number of thiazole rings is 1. The van der Waals surface area contributed by atoms with Gasteiger partial charge in [-0.3, -0.25) is 9.36 Å². The van der Waals surface area contributed by atoms with Gasteiger partial charge in [0.1, 0.15) is 12.4 Å². The van der Waals surface area contributed by atoms with E-state index in [9.17, 15) is 14.4 Å². The third kappa shape index (κ3) is 7.54. The van der Waals surface area contributed by atoms with Gasteiger partial charge in [0.15, 0.2) is 22.9 Å². The summed E-state index contributed by atoms with van der Waals surface area (Å²) in [5.74, 6) is 0.0753. The van der Waals surface area contributed by atoms with Crippen LogP contribution in [0.5, 0.6) is 17.2 Å². The number of methoxy groups -OCH3 is 1. The molecule has 0 aliphatic carbocycles. The van der Waals surface area contributed by atoms with Crippen LogP contribution in [-0.2, 0) is 25.7 Å². The molecule has 262 valence electrons. The van der Waals surface area contributed by atoms with Gasteiger partial charge in [0.25, 0.3) is 5.56 Å². The Morgan fingerprint density at radius 1 is 0.922 bits per heavy atom. The van der Waals surface area contributed by atoms with Crippen LogP contribution in [0.3, 0.4) is 0 Å². The van der Waals surface area contributed by atoms with Crippen molar-refractivity contribution in [3.8, 4) is 17.2 Å². The normalized spacial score (nSPS) is 14.1. The highest BCUT2D eigenvalue weighted by molar-refractivity contribution is 7.07. The number of nitrogens with zero attached hydrogens (tertiary/aromatic N) is 2. The van der Waals surface area contributed by atoms with Gasteiger partial charge in [0, 0.05) is 10.6 Å². The predicted octanol–water partition coefficient (Wildman–Crippen LogP) is 6.13. The van der Waals surface area contributed by atoms with Crippen molar-refractivity contribution in [1.29, 1.82) is 0 Å². The number of carbonyl (C=O) groups excluding carboxylic acids is 2. The van der Waals surface area contributed by atoms with Gasteiger partial charge < -0.3 is 23.7 Å². The summed E-state index contributed by atoms with van der Waals surface area (Å²) in [6.45, 7) is 5.63. The summed E-state index contributed by atoms with van der Waals surface area (Å²) in [5.41, 5.74) is 2.48. The Morgan fingerprint density at radius 3 is 2.49 bits per heavy atom. The van der Waals surface area contributed by atoms with Crippen molar-refractivity contribution in [3.05, 3.63) is 132 Å². The zero-order chi connectivity index (χ0) is 36.1. The molecule has 0 amide bonds. The Balaban J connectivity index is 1.51. The van der Waals surface area contributed by atoms with Gasteiger partial charge in [0.05, 0.1) is 42.2 Å². The van der Waals surface area contributed by atoms with Crippen LogP contribution in [0, 0.1) is 0 Å². The third-order valence-corrected chi connectivity index (χ3v) is 9.38. The topological polar surface area (TPSA) is 115 Å². The first-order valence-electron chi connectivity index (χ1n) is 16.3. The smallest absolute Gasteiger partial charge is 0.343 e. The molecule has 0 saturated heterocycles. The number of benzene rings is 4. The fourth-order valence-electron chi connectivity index (χ4n) is 5.85. The summed E-state index contributed by atoms with van der Waals surface area (Å²) in [4.78, 5) is 45.0. The minimum atomic E-state index is -0.901. The maximum atomic E-state index is 14.5. The number of hydrogen-bond donors (Lipinski definition) is 0. The van der Waals surface area contributed by atoms with Crippen LogP contribution in [0.15, 0.2) is 99.9 Å². The van der Waals surface area contributed by atoms with Crippen molar-refractivity contribution in [2.45, 2.75) is 33.4 Å². The highest BCUT2D eigenvalue weighted by Gasteiger charge is 2.34. The lowest BCUT2D eigenvalue weighted by Gasteiger charge is -2.25. The third-order valence-electron chi connectivity index (χ3n) is 8.16. The summed E-state index contributed by atoms with van der Waals surface area (Å²) in [6.07, 6.45) is 1.81. The van der Waals surface area contributed by atoms with E-state index in [1.165, 1.54) is 23.0 Å². The molecule has 1 aromatic heterocycles. The van der Waals surface area contributed by atoms with Gasteiger partial charge in [-0.2, -0.15) is 0 Å². The second kappa shape index (κ2) is 15.7. The fraction of sp³-hybridized carbons (Fsp3) is 0.231. The summed E-state index contributed by atoms with van der Waals surface area (Å²) < 4.78 is 30.0. The minimum Gasteiger partial charge on any atom is -0.490 e. The van der Waals surface area contributed by atoms with Gasteiger partial charge in [-0.25, -0.2) is 14.6 Å². The van der Waals surface area contributed by atoms with E-state index in [4.69, 9.17) is 40.3 Å². The number of halogens is 1. The number of esters is 2. The number of allylic oxidation sites excluding steroid dienone is 1. The monoisotopic (exact) mass is 726 g/mol. The number of rotatable bonds is 12. The quantitative estimate of drug-likeness (QED) is 0.141. The van der Waals surface area contributed by atoms with Crippen LogP contribution in [0.2, 0.25) is 5.02 Å². The lowest BCUT2D eigenvalue weighted by atomic mass is 9.95. The second-order valence-electron chi connectivity index (χ2n) is 11.4. The van der Waals surface area contributed by atoms with E-state index >= 15 is 0 Å². The van der Waals surface area contributed by atoms with Gasteiger partial charge >= 0.3 is 11.9 Å². The minimum absolute atomic E-state index is 0.135. The maximum Gasteiger partial charge on any atom is 0.343 e. The molecule has 0 fully saturated rings. The standard InChI is InChI=1S/C39H35ClN2O8S/c1-5-47-32-19-26(15-17-31(32)50-22-34(43)46-4)36-35(38(45)48-6-2)23(3)41-39-42(36)37(44)33(51-39)20-29-28-13-8-7-11-25(28)14-16-30(29)49-21-24-10-9-12-27(40)18-24/h7-20,36H,5-6,21-22H2,1-4H3/b33-20+/t36-/m1/s1. The van der Waals surface area contributed by atoms with Crippen molar-refractivity contribution in [1.82, 2.24) is 4.57 Å². The predicted molar refractivity (Wildman–Crippen MR) is 195 cm³/mol. The van der Waals surface area contributed by atoms with Crippen LogP contribution >= 0.6 is 22.9 Å². The zero-order valence-corrected chi connectivity index (χ0v) is 30.0. The Labute approximate surface area is 302 Å². The molecule has 2 heterocycles. The molecule has 10 nitrogen and oxygen atoms in total. The molecule has 1 aliphatic rings. The lowest BCUT2D eigenvalue weighted by Crippen LogP contribution is -2.40. The van der Waals surface area contributed by atoms with Crippen molar-refractivity contribution >= 4 is 51.7 Å². The van der Waals surface area contributed by atoms with Gasteiger partial charge in [0.2, 0.25) is 0 Å². The fourth-order valence-corrected chi connectivity index (χ4v) is 7.10. The molecule has 0 radical (unpaired) electrons. The Hall–Kier alpha value is -5.39. The van der Waals surface area contributed by atoms with Gasteiger partial charge in [-0.05, 0) is 79.1 Å². The van der Waals surface area contributed by atoms with E-state index in [1.807, 2.05) is 67.6 Å². The lowest BCUT2D eigenvalue weighted by molar-refractivity contribution is -0.143. The Morgan fingerprint density at radius 2 is 1.73 bits per heavy atom. The van der Waals surface area contributed by atoms with E-state index in [2.05, 4.69) is 0 Å². The van der Waals surface area contributed by atoms with Gasteiger partial charge in [-0.1, -0.05) is 71.5 Å². The van der Waals surface area contributed by atoms with Crippen molar-refractivity contribution in [3.63, 3.8) is 0 Å². The first-order valence-corrected chi connectivity index (χ1v) is 17.5. The molecule has 0 bridgehead atoms. The molecule has 0 N–H and O–H groups in total. The van der Waals surface area contributed by atoms with Crippen LogP contribution in [-0.4, -0.2) is 43.4 Å². The highest BCUT2D eigenvalue weighted by atomic mass is 35.5. The summed E-state index contributed by atoms with van der Waals surface area (Å²) in [6, 6.07) is 23.3. The SMILES string of the molecule is CCOC(=O)C1=C(C)N=c2s/c(=C/c3c(OCc4cccc(Cl)c4)ccc4ccccc34)c(=O)n2[C@@H]1c1ccc(OCC(=O)OC)c(OCC)c1. The Kier molecular flexibility index (Phi) is 10.9. The van der Waals surface area contributed by atoms with Crippen LogP contribution in [0.4, 0.5) is 0 Å². The van der Waals surface area contributed by atoms with Crippen LogP contribution in [0.1, 0.15) is 43.5 Å². The van der Waals surface area contributed by atoms with E-state index < -0.39 is 18.0 Å².